The first-order chi connectivity index (χ1) is 16.2. The van der Waals surface area contributed by atoms with E-state index >= 15 is 0 Å². The van der Waals surface area contributed by atoms with E-state index in [1.807, 2.05) is 59.2 Å². The predicted octanol–water partition coefficient (Wildman–Crippen LogP) is 5.49. The normalized spacial score (nSPS) is 11.3. The quantitative estimate of drug-likeness (QED) is 0.202. The van der Waals surface area contributed by atoms with Gasteiger partial charge in [0.05, 0.1) is 11.9 Å². The van der Waals surface area contributed by atoms with Crippen molar-refractivity contribution in [1.29, 1.82) is 0 Å². The lowest BCUT2D eigenvalue weighted by Gasteiger charge is -2.37. The van der Waals surface area contributed by atoms with E-state index in [0.29, 0.717) is 0 Å². The Hall–Kier alpha value is -4.38. The summed E-state index contributed by atoms with van der Waals surface area (Å²) in [4.78, 5) is 21.1. The molecule has 3 aromatic carbocycles. The first-order valence-electron chi connectivity index (χ1n) is 10.6. The number of aromatic nitrogens is 3. The van der Waals surface area contributed by atoms with E-state index in [0.717, 1.165) is 16.7 Å². The average molecular weight is 433 g/mol. The smallest absolute Gasteiger partial charge is 0.224 e. The van der Waals surface area contributed by atoms with Crippen LogP contribution in [-0.4, -0.2) is 20.3 Å². The van der Waals surface area contributed by atoms with Crippen LogP contribution in [0, 0.1) is 5.95 Å². The number of imidazole rings is 1. The highest BCUT2D eigenvalue weighted by atomic mass is 19.1. The first-order valence-corrected chi connectivity index (χ1v) is 10.6. The van der Waals surface area contributed by atoms with Crippen LogP contribution in [0.2, 0.25) is 0 Å². The summed E-state index contributed by atoms with van der Waals surface area (Å²) < 4.78 is 16.1. The summed E-state index contributed by atoms with van der Waals surface area (Å²) in [5, 5.41) is 0. The van der Waals surface area contributed by atoms with Gasteiger partial charge < -0.3 is 4.57 Å². The van der Waals surface area contributed by atoms with Crippen molar-refractivity contribution in [3.8, 4) is 0 Å². The van der Waals surface area contributed by atoms with Gasteiger partial charge in [-0.1, -0.05) is 91.0 Å². The zero-order chi connectivity index (χ0) is 22.7. The molecule has 0 saturated carbocycles. The second-order valence-corrected chi connectivity index (χ2v) is 7.65. The number of carbonyl (C=O) groups is 1. The van der Waals surface area contributed by atoms with Crippen LogP contribution >= 0.6 is 0 Å². The van der Waals surface area contributed by atoms with Crippen LogP contribution in [0.15, 0.2) is 122 Å². The second kappa shape index (κ2) is 8.63. The molecule has 0 amide bonds. The molecule has 0 bridgehead atoms. The maximum absolute atomic E-state index is 14.2. The molecule has 0 fully saturated rings. The van der Waals surface area contributed by atoms with Crippen molar-refractivity contribution < 1.29 is 9.18 Å². The molecule has 5 rings (SSSR count). The number of hydrogen-bond acceptors (Lipinski definition) is 3. The van der Waals surface area contributed by atoms with E-state index in [2.05, 4.69) is 46.4 Å². The van der Waals surface area contributed by atoms with Gasteiger partial charge in [-0.25, -0.2) is 9.97 Å². The average Bonchev–Trinajstić information content (AvgIpc) is 3.37. The molecule has 0 unspecified atom stereocenters. The molecule has 0 spiro atoms. The number of nitrogens with zero attached hydrogens (tertiary/aromatic N) is 3. The van der Waals surface area contributed by atoms with Crippen molar-refractivity contribution in [3.63, 3.8) is 0 Å². The van der Waals surface area contributed by atoms with E-state index in [1.54, 1.807) is 12.5 Å². The van der Waals surface area contributed by atoms with Gasteiger partial charge in [-0.2, -0.15) is 4.39 Å². The Morgan fingerprint density at radius 3 is 1.70 bits per heavy atom. The van der Waals surface area contributed by atoms with Crippen LogP contribution in [0.5, 0.6) is 0 Å². The maximum Gasteiger partial charge on any atom is 0.224 e. The van der Waals surface area contributed by atoms with Gasteiger partial charge in [-0.15, -0.1) is 0 Å². The van der Waals surface area contributed by atoms with Crippen LogP contribution in [0.1, 0.15) is 32.7 Å². The van der Waals surface area contributed by atoms with Crippen molar-refractivity contribution >= 4 is 5.78 Å². The Balaban J connectivity index is 1.76. The van der Waals surface area contributed by atoms with Crippen molar-refractivity contribution in [3.05, 3.63) is 156 Å². The van der Waals surface area contributed by atoms with Gasteiger partial charge in [0.2, 0.25) is 11.7 Å². The van der Waals surface area contributed by atoms with Crippen LogP contribution in [0.3, 0.4) is 0 Å². The minimum absolute atomic E-state index is 0.104. The Bertz CT molecular complexity index is 1290. The number of carbonyl (C=O) groups excluding carboxylic acids is 1. The van der Waals surface area contributed by atoms with Gasteiger partial charge in [0, 0.05) is 12.4 Å². The summed E-state index contributed by atoms with van der Waals surface area (Å²) >= 11 is 0. The molecule has 5 aromatic rings. The molecule has 0 aliphatic rings. The summed E-state index contributed by atoms with van der Waals surface area (Å²) in [5.74, 6) is -1.32. The van der Waals surface area contributed by atoms with Crippen molar-refractivity contribution in [1.82, 2.24) is 14.5 Å². The Morgan fingerprint density at radius 1 is 0.697 bits per heavy atom. The number of halogens is 1. The highest BCUT2D eigenvalue weighted by Gasteiger charge is 2.38. The standard InChI is InChI=1S/C28H20FN3O/c29-27-24(17-10-18-30-27)26(33)25-19-32(20-31-25)28(21-11-4-1-5-12-21,22-13-6-2-7-14-22)23-15-8-3-9-16-23/h1-20H. The minimum atomic E-state index is -0.808. The number of hydrogen-bond donors (Lipinski definition) is 0. The van der Waals surface area contributed by atoms with E-state index in [4.69, 9.17) is 0 Å². The van der Waals surface area contributed by atoms with Gasteiger partial charge in [-0.05, 0) is 28.8 Å². The van der Waals surface area contributed by atoms with E-state index in [1.165, 1.54) is 18.3 Å². The summed E-state index contributed by atoms with van der Waals surface area (Å²) in [6, 6.07) is 33.2. The lowest BCUT2D eigenvalue weighted by atomic mass is 9.77. The molecule has 160 valence electrons. The number of rotatable bonds is 6. The largest absolute Gasteiger partial charge is 0.318 e. The SMILES string of the molecule is O=C(c1cn(C(c2ccccc2)(c2ccccc2)c2ccccc2)cn1)c1cccnc1F. The summed E-state index contributed by atoms with van der Waals surface area (Å²) in [5.41, 5.74) is 2.27. The van der Waals surface area contributed by atoms with E-state index in [-0.39, 0.29) is 11.3 Å². The fourth-order valence-electron chi connectivity index (χ4n) is 4.30. The summed E-state index contributed by atoms with van der Waals surface area (Å²) in [7, 11) is 0. The molecule has 5 heteroatoms. The molecule has 4 nitrogen and oxygen atoms in total. The molecular formula is C28H20FN3O. The minimum Gasteiger partial charge on any atom is -0.318 e. The van der Waals surface area contributed by atoms with Crippen molar-refractivity contribution in [2.24, 2.45) is 0 Å². The van der Waals surface area contributed by atoms with E-state index in [9.17, 15) is 9.18 Å². The Morgan fingerprint density at radius 2 is 1.21 bits per heavy atom. The van der Waals surface area contributed by atoms with Gasteiger partial charge >= 0.3 is 0 Å². The molecule has 0 radical (unpaired) electrons. The topological polar surface area (TPSA) is 47.8 Å². The molecule has 0 aliphatic carbocycles. The number of ketones is 1. The van der Waals surface area contributed by atoms with Crippen molar-refractivity contribution in [2.45, 2.75) is 5.54 Å². The van der Waals surface area contributed by atoms with Crippen LogP contribution < -0.4 is 0 Å². The van der Waals surface area contributed by atoms with Crippen molar-refractivity contribution in [2.75, 3.05) is 0 Å². The van der Waals surface area contributed by atoms with Gasteiger partial charge in [-0.3, -0.25) is 4.79 Å². The fraction of sp³-hybridized carbons (Fsp3) is 0.0357. The monoisotopic (exact) mass is 433 g/mol. The summed E-state index contributed by atoms with van der Waals surface area (Å²) in [6.07, 6.45) is 4.63. The van der Waals surface area contributed by atoms with Gasteiger partial charge in [0.1, 0.15) is 11.2 Å². The zero-order valence-corrected chi connectivity index (χ0v) is 17.7. The van der Waals surface area contributed by atoms with Crippen LogP contribution in [0.25, 0.3) is 0 Å². The predicted molar refractivity (Wildman–Crippen MR) is 124 cm³/mol. The molecule has 2 heterocycles. The molecule has 33 heavy (non-hydrogen) atoms. The highest BCUT2D eigenvalue weighted by molar-refractivity contribution is 6.07. The summed E-state index contributed by atoms with van der Waals surface area (Å²) in [6.45, 7) is 0. The molecule has 0 N–H and O–H groups in total. The molecule has 0 saturated heterocycles. The Labute approximate surface area is 191 Å². The first kappa shape index (κ1) is 20.5. The third kappa shape index (κ3) is 3.53. The number of pyridine rings is 1. The van der Waals surface area contributed by atoms with Gasteiger partial charge in [0.15, 0.2) is 0 Å². The van der Waals surface area contributed by atoms with Crippen LogP contribution in [0.4, 0.5) is 4.39 Å². The second-order valence-electron chi connectivity index (χ2n) is 7.65. The molecule has 0 atom stereocenters. The van der Waals surface area contributed by atoms with E-state index < -0.39 is 17.3 Å². The van der Waals surface area contributed by atoms with Crippen LogP contribution in [-0.2, 0) is 5.54 Å². The molecular weight excluding hydrogens is 413 g/mol. The number of benzene rings is 3. The lowest BCUT2D eigenvalue weighted by Crippen LogP contribution is -2.37. The molecule has 2 aromatic heterocycles. The molecule has 0 aliphatic heterocycles. The zero-order valence-electron chi connectivity index (χ0n) is 17.7. The Kier molecular flexibility index (Phi) is 5.37. The fourth-order valence-corrected chi connectivity index (χ4v) is 4.30. The highest BCUT2D eigenvalue weighted by Crippen LogP contribution is 2.40. The van der Waals surface area contributed by atoms with Gasteiger partial charge in [0.25, 0.3) is 0 Å². The third-order valence-electron chi connectivity index (χ3n) is 5.78. The third-order valence-corrected chi connectivity index (χ3v) is 5.78. The maximum atomic E-state index is 14.2. The lowest BCUT2D eigenvalue weighted by molar-refractivity contribution is 0.103.